The van der Waals surface area contributed by atoms with Gasteiger partial charge in [-0.25, -0.2) is 4.99 Å². The molecule has 7 heteroatoms. The summed E-state index contributed by atoms with van der Waals surface area (Å²) in [5.41, 5.74) is 2.01. The van der Waals surface area contributed by atoms with Crippen LogP contribution in [0.25, 0.3) is 0 Å². The first-order valence-electron chi connectivity index (χ1n) is 7.81. The number of halogens is 2. The zero-order valence-electron chi connectivity index (χ0n) is 14.3. The number of rotatable bonds is 6. The van der Waals surface area contributed by atoms with Crippen molar-refractivity contribution >= 4 is 41.5 Å². The lowest BCUT2D eigenvalue weighted by molar-refractivity contribution is 0.378. The van der Waals surface area contributed by atoms with Gasteiger partial charge in [-0.1, -0.05) is 41.9 Å². The van der Waals surface area contributed by atoms with E-state index in [9.17, 15) is 0 Å². The standard InChI is InChI=1S/C17H23ClN4O.HI/c1-4-14-10-15(23-21-14)11-20-17(19-5-2)22(3)12-13-8-6-7-9-16(13)18;/h6-10H,4-5,11-12H2,1-3H3,(H,19,20);1H. The Kier molecular flexibility index (Phi) is 9.13. The summed E-state index contributed by atoms with van der Waals surface area (Å²) in [6.45, 7) is 6.03. The summed E-state index contributed by atoms with van der Waals surface area (Å²) < 4.78 is 5.28. The summed E-state index contributed by atoms with van der Waals surface area (Å²) in [7, 11) is 1.99. The number of aromatic nitrogens is 1. The molecule has 0 saturated heterocycles. The fourth-order valence-corrected chi connectivity index (χ4v) is 2.37. The van der Waals surface area contributed by atoms with Gasteiger partial charge < -0.3 is 14.7 Å². The minimum absolute atomic E-state index is 0. The van der Waals surface area contributed by atoms with Crippen LogP contribution >= 0.6 is 35.6 Å². The molecule has 0 atom stereocenters. The Balaban J connectivity index is 0.00000288. The Morgan fingerprint density at radius 2 is 2.08 bits per heavy atom. The van der Waals surface area contributed by atoms with Crippen LogP contribution in [-0.2, 0) is 19.5 Å². The number of benzene rings is 1. The molecule has 0 aliphatic rings. The predicted molar refractivity (Wildman–Crippen MR) is 109 cm³/mol. The minimum Gasteiger partial charge on any atom is -0.359 e. The van der Waals surface area contributed by atoms with E-state index < -0.39 is 0 Å². The summed E-state index contributed by atoms with van der Waals surface area (Å²) in [5.74, 6) is 1.57. The lowest BCUT2D eigenvalue weighted by atomic mass is 10.2. The highest BCUT2D eigenvalue weighted by atomic mass is 127. The van der Waals surface area contributed by atoms with Crippen molar-refractivity contribution in [3.63, 3.8) is 0 Å². The van der Waals surface area contributed by atoms with Gasteiger partial charge in [0, 0.05) is 31.2 Å². The number of nitrogens with zero attached hydrogens (tertiary/aromatic N) is 3. The first-order chi connectivity index (χ1) is 11.1. The Labute approximate surface area is 165 Å². The molecule has 24 heavy (non-hydrogen) atoms. The van der Waals surface area contributed by atoms with E-state index >= 15 is 0 Å². The molecule has 1 aromatic carbocycles. The molecule has 5 nitrogen and oxygen atoms in total. The summed E-state index contributed by atoms with van der Waals surface area (Å²) in [6.07, 6.45) is 0.861. The Morgan fingerprint density at radius 1 is 1.33 bits per heavy atom. The molecule has 0 unspecified atom stereocenters. The second-order valence-corrected chi connectivity index (χ2v) is 5.66. The number of guanidine groups is 1. The third-order valence-electron chi connectivity index (χ3n) is 3.42. The average molecular weight is 463 g/mol. The van der Waals surface area contributed by atoms with Crippen LogP contribution in [0, 0.1) is 0 Å². The van der Waals surface area contributed by atoms with Crippen molar-refractivity contribution in [2.45, 2.75) is 33.4 Å². The molecular weight excluding hydrogens is 439 g/mol. The van der Waals surface area contributed by atoms with E-state index in [1.165, 1.54) is 0 Å². The minimum atomic E-state index is 0. The van der Waals surface area contributed by atoms with Crippen LogP contribution in [0.1, 0.15) is 30.9 Å². The van der Waals surface area contributed by atoms with E-state index in [2.05, 4.69) is 15.5 Å². The summed E-state index contributed by atoms with van der Waals surface area (Å²) >= 11 is 6.23. The highest BCUT2D eigenvalue weighted by molar-refractivity contribution is 14.0. The fraction of sp³-hybridized carbons (Fsp3) is 0.412. The van der Waals surface area contributed by atoms with Crippen LogP contribution in [0.3, 0.4) is 0 Å². The van der Waals surface area contributed by atoms with Crippen molar-refractivity contribution < 1.29 is 4.52 Å². The Morgan fingerprint density at radius 3 is 2.71 bits per heavy atom. The van der Waals surface area contributed by atoms with Crippen molar-refractivity contribution in [1.29, 1.82) is 0 Å². The number of hydrogen-bond donors (Lipinski definition) is 1. The van der Waals surface area contributed by atoms with E-state index in [-0.39, 0.29) is 24.0 Å². The van der Waals surface area contributed by atoms with Crippen LogP contribution < -0.4 is 5.32 Å². The monoisotopic (exact) mass is 462 g/mol. The molecule has 1 heterocycles. The highest BCUT2D eigenvalue weighted by Crippen LogP contribution is 2.16. The first-order valence-corrected chi connectivity index (χ1v) is 8.19. The van der Waals surface area contributed by atoms with Gasteiger partial charge in [0.05, 0.1) is 5.69 Å². The zero-order valence-corrected chi connectivity index (χ0v) is 17.3. The third-order valence-corrected chi connectivity index (χ3v) is 3.79. The van der Waals surface area contributed by atoms with E-state index in [0.29, 0.717) is 13.1 Å². The van der Waals surface area contributed by atoms with Gasteiger partial charge in [0.1, 0.15) is 6.54 Å². The number of aryl methyl sites for hydroxylation is 1. The van der Waals surface area contributed by atoms with Gasteiger partial charge in [0.15, 0.2) is 11.7 Å². The van der Waals surface area contributed by atoms with E-state index in [1.807, 2.05) is 56.1 Å². The second kappa shape index (κ2) is 10.6. The predicted octanol–water partition coefficient (Wildman–Crippen LogP) is 4.11. The molecule has 0 aliphatic heterocycles. The summed E-state index contributed by atoms with van der Waals surface area (Å²) in [4.78, 5) is 6.66. The van der Waals surface area contributed by atoms with Crippen molar-refractivity contribution in [2.75, 3.05) is 13.6 Å². The second-order valence-electron chi connectivity index (χ2n) is 5.26. The molecule has 0 radical (unpaired) electrons. The molecule has 2 aromatic rings. The molecule has 1 N–H and O–H groups in total. The molecule has 0 bridgehead atoms. The molecule has 0 aliphatic carbocycles. The van der Waals surface area contributed by atoms with Gasteiger partial charge in [-0.2, -0.15) is 0 Å². The van der Waals surface area contributed by atoms with Crippen LogP contribution in [0.4, 0.5) is 0 Å². The van der Waals surface area contributed by atoms with Gasteiger partial charge in [-0.05, 0) is 25.0 Å². The summed E-state index contributed by atoms with van der Waals surface area (Å²) in [6, 6.07) is 9.78. The van der Waals surface area contributed by atoms with Gasteiger partial charge in [-0.3, -0.25) is 0 Å². The number of aliphatic imine (C=N–C) groups is 1. The quantitative estimate of drug-likeness (QED) is 0.399. The lowest BCUT2D eigenvalue weighted by Crippen LogP contribution is -2.38. The maximum atomic E-state index is 6.23. The molecule has 0 fully saturated rings. The Hall–Kier alpha value is -1.28. The summed E-state index contributed by atoms with van der Waals surface area (Å²) in [5, 5.41) is 8.03. The van der Waals surface area contributed by atoms with Crippen LogP contribution in [-0.4, -0.2) is 29.6 Å². The molecule has 0 spiro atoms. The molecule has 132 valence electrons. The van der Waals surface area contributed by atoms with E-state index in [1.54, 1.807) is 0 Å². The zero-order chi connectivity index (χ0) is 16.7. The molecular formula is C17H24ClIN4O. The van der Waals surface area contributed by atoms with Gasteiger partial charge in [-0.15, -0.1) is 24.0 Å². The molecule has 0 amide bonds. The van der Waals surface area contributed by atoms with Crippen molar-refractivity contribution in [1.82, 2.24) is 15.4 Å². The van der Waals surface area contributed by atoms with Crippen LogP contribution in [0.15, 0.2) is 39.8 Å². The van der Waals surface area contributed by atoms with Crippen molar-refractivity contribution in [2.24, 2.45) is 4.99 Å². The fourth-order valence-electron chi connectivity index (χ4n) is 2.18. The van der Waals surface area contributed by atoms with E-state index in [4.69, 9.17) is 16.1 Å². The topological polar surface area (TPSA) is 53.7 Å². The largest absolute Gasteiger partial charge is 0.359 e. The van der Waals surface area contributed by atoms with Gasteiger partial charge in [0.25, 0.3) is 0 Å². The molecule has 1 aromatic heterocycles. The Bertz CT molecular complexity index is 660. The highest BCUT2D eigenvalue weighted by Gasteiger charge is 2.09. The lowest BCUT2D eigenvalue weighted by Gasteiger charge is -2.22. The molecule has 0 saturated carbocycles. The maximum Gasteiger partial charge on any atom is 0.194 e. The SMILES string of the molecule is CCNC(=NCc1cc(CC)no1)N(C)Cc1ccccc1Cl.I. The maximum absolute atomic E-state index is 6.23. The normalized spacial score (nSPS) is 11.1. The smallest absolute Gasteiger partial charge is 0.194 e. The molecule has 2 rings (SSSR count). The average Bonchev–Trinajstić information content (AvgIpc) is 3.01. The van der Waals surface area contributed by atoms with Crippen molar-refractivity contribution in [3.05, 3.63) is 52.4 Å². The number of hydrogen-bond acceptors (Lipinski definition) is 3. The van der Waals surface area contributed by atoms with Crippen LogP contribution in [0.2, 0.25) is 5.02 Å². The van der Waals surface area contributed by atoms with Crippen molar-refractivity contribution in [3.8, 4) is 0 Å². The first kappa shape index (κ1) is 20.8. The van der Waals surface area contributed by atoms with Gasteiger partial charge >= 0.3 is 0 Å². The van der Waals surface area contributed by atoms with E-state index in [0.717, 1.165) is 41.0 Å². The van der Waals surface area contributed by atoms with Crippen LogP contribution in [0.5, 0.6) is 0 Å². The third kappa shape index (κ3) is 5.98. The van der Waals surface area contributed by atoms with Gasteiger partial charge in [0.2, 0.25) is 0 Å². The number of nitrogens with one attached hydrogen (secondary N) is 1.